The van der Waals surface area contributed by atoms with Crippen LogP contribution in [0, 0.1) is 13.8 Å². The van der Waals surface area contributed by atoms with Gasteiger partial charge >= 0.3 is 5.97 Å². The molecule has 4 nitrogen and oxygen atoms in total. The molecular weight excluding hydrogens is 382 g/mol. The van der Waals surface area contributed by atoms with Crippen LogP contribution in [0.3, 0.4) is 0 Å². The molecule has 0 bridgehead atoms. The number of thiazole rings is 1. The van der Waals surface area contributed by atoms with E-state index in [-0.39, 0.29) is 5.92 Å². The van der Waals surface area contributed by atoms with Gasteiger partial charge in [-0.05, 0) is 69.4 Å². The third-order valence-corrected chi connectivity index (χ3v) is 5.92. The number of fused-ring (bicyclic) bond motifs is 1. The average molecular weight is 412 g/mol. The van der Waals surface area contributed by atoms with E-state index in [1.807, 2.05) is 39.8 Å². The molecule has 3 rings (SSSR count). The van der Waals surface area contributed by atoms with E-state index in [9.17, 15) is 9.90 Å². The van der Waals surface area contributed by atoms with Crippen LogP contribution < -0.4 is 0 Å². The van der Waals surface area contributed by atoms with Gasteiger partial charge in [-0.1, -0.05) is 37.6 Å². The summed E-state index contributed by atoms with van der Waals surface area (Å²) in [5.74, 6) is -0.823. The van der Waals surface area contributed by atoms with E-state index in [4.69, 9.17) is 9.72 Å². The van der Waals surface area contributed by atoms with E-state index in [2.05, 4.69) is 39.0 Å². The van der Waals surface area contributed by atoms with Gasteiger partial charge in [-0.3, -0.25) is 0 Å². The summed E-state index contributed by atoms with van der Waals surface area (Å²) < 4.78 is 7.04. The molecular formula is C24H29NO3S. The van der Waals surface area contributed by atoms with Gasteiger partial charge in [0.05, 0.1) is 15.8 Å². The molecule has 1 heterocycles. The summed E-state index contributed by atoms with van der Waals surface area (Å²) in [4.78, 5) is 17.0. The highest BCUT2D eigenvalue weighted by Crippen LogP contribution is 2.42. The zero-order valence-electron chi connectivity index (χ0n) is 18.2. The van der Waals surface area contributed by atoms with E-state index in [0.717, 1.165) is 37.5 Å². The molecule has 154 valence electrons. The quantitative estimate of drug-likeness (QED) is 0.511. The number of benzene rings is 2. The molecule has 0 aliphatic heterocycles. The predicted octanol–water partition coefficient (Wildman–Crippen LogP) is 6.64. The second-order valence-electron chi connectivity index (χ2n) is 8.86. The van der Waals surface area contributed by atoms with Crippen molar-refractivity contribution >= 4 is 27.5 Å². The topological polar surface area (TPSA) is 59.4 Å². The number of carboxylic acid groups (broad SMARTS) is 1. The molecule has 0 radical (unpaired) electrons. The minimum absolute atomic E-state index is 0.142. The molecule has 0 aliphatic carbocycles. The summed E-state index contributed by atoms with van der Waals surface area (Å²) in [5, 5.41) is 10.9. The summed E-state index contributed by atoms with van der Waals surface area (Å²) in [6.45, 7) is 13.9. The fourth-order valence-corrected chi connectivity index (χ4v) is 4.90. The fraction of sp³-hybridized carbons (Fsp3) is 0.417. The van der Waals surface area contributed by atoms with Crippen molar-refractivity contribution in [1.29, 1.82) is 0 Å². The fourth-order valence-electron chi connectivity index (χ4n) is 3.65. The Morgan fingerprint density at radius 1 is 1.14 bits per heavy atom. The van der Waals surface area contributed by atoms with Crippen LogP contribution in [0.25, 0.3) is 20.8 Å². The highest BCUT2D eigenvalue weighted by atomic mass is 32.1. The first-order valence-corrected chi connectivity index (χ1v) is 10.7. The zero-order chi connectivity index (χ0) is 21.5. The maximum atomic E-state index is 12.2. The number of aromatic nitrogens is 1. The molecule has 1 aromatic heterocycles. The minimum Gasteiger partial charge on any atom is -0.479 e. The van der Waals surface area contributed by atoms with Crippen molar-refractivity contribution < 1.29 is 14.6 Å². The summed E-state index contributed by atoms with van der Waals surface area (Å²) in [6.07, 6.45) is -1.01. The Labute approximate surface area is 176 Å². The molecule has 0 saturated heterocycles. The number of aryl methyl sites for hydroxylation is 2. The standard InChI is InChI=1S/C24H29NO3S/c1-13(2)18-19(20(23(26)27)28-24(5,6)7)15(4)12-17-21(18)29-22(25-17)16-10-8-9-14(3)11-16/h8-13,20H,1-7H3,(H,26,27)/t20-/m0/s1. The van der Waals surface area contributed by atoms with Crippen LogP contribution in [-0.4, -0.2) is 21.7 Å². The van der Waals surface area contributed by atoms with Crippen LogP contribution in [0.15, 0.2) is 30.3 Å². The maximum absolute atomic E-state index is 12.2. The molecule has 0 amide bonds. The molecule has 0 fully saturated rings. The summed E-state index contributed by atoms with van der Waals surface area (Å²) in [7, 11) is 0. The lowest BCUT2D eigenvalue weighted by atomic mass is 9.89. The first-order chi connectivity index (χ1) is 13.5. The van der Waals surface area contributed by atoms with Gasteiger partial charge in [0.25, 0.3) is 0 Å². The Hall–Kier alpha value is -2.24. The molecule has 0 aliphatic rings. The Kier molecular flexibility index (Phi) is 5.84. The first-order valence-electron chi connectivity index (χ1n) is 9.89. The van der Waals surface area contributed by atoms with Crippen molar-refractivity contribution in [2.45, 2.75) is 66.1 Å². The number of ether oxygens (including phenoxy) is 1. The van der Waals surface area contributed by atoms with Gasteiger partial charge in [0.15, 0.2) is 6.10 Å². The number of hydrogen-bond donors (Lipinski definition) is 1. The van der Waals surface area contributed by atoms with Crippen LogP contribution in [0.4, 0.5) is 0 Å². The highest BCUT2D eigenvalue weighted by molar-refractivity contribution is 7.21. The van der Waals surface area contributed by atoms with Crippen molar-refractivity contribution in [3.8, 4) is 10.6 Å². The van der Waals surface area contributed by atoms with Crippen molar-refractivity contribution in [2.24, 2.45) is 0 Å². The van der Waals surface area contributed by atoms with Gasteiger partial charge < -0.3 is 9.84 Å². The summed E-state index contributed by atoms with van der Waals surface area (Å²) in [6, 6.07) is 10.3. The molecule has 5 heteroatoms. The number of hydrogen-bond acceptors (Lipinski definition) is 4. The molecule has 1 atom stereocenters. The first kappa shape index (κ1) is 21.5. The Balaban J connectivity index is 2.27. The van der Waals surface area contributed by atoms with Crippen molar-refractivity contribution in [3.05, 3.63) is 52.6 Å². The maximum Gasteiger partial charge on any atom is 0.337 e. The monoisotopic (exact) mass is 411 g/mol. The molecule has 3 aromatic rings. The second kappa shape index (κ2) is 7.88. The smallest absolute Gasteiger partial charge is 0.337 e. The zero-order valence-corrected chi connectivity index (χ0v) is 19.0. The Bertz CT molecular complexity index is 1060. The molecule has 29 heavy (non-hydrogen) atoms. The number of rotatable bonds is 5. The van der Waals surface area contributed by atoms with Gasteiger partial charge in [0, 0.05) is 5.56 Å². The molecule has 0 unspecified atom stereocenters. The molecule has 2 aromatic carbocycles. The van der Waals surface area contributed by atoms with E-state index in [1.54, 1.807) is 11.3 Å². The lowest BCUT2D eigenvalue weighted by molar-refractivity contribution is -0.160. The van der Waals surface area contributed by atoms with Crippen LogP contribution in [0.1, 0.15) is 68.9 Å². The number of aliphatic carboxylic acids is 1. The number of carbonyl (C=O) groups is 1. The molecule has 0 spiro atoms. The van der Waals surface area contributed by atoms with Crippen LogP contribution in [0.2, 0.25) is 0 Å². The largest absolute Gasteiger partial charge is 0.479 e. The van der Waals surface area contributed by atoms with E-state index in [1.165, 1.54) is 5.56 Å². The molecule has 0 saturated carbocycles. The normalized spacial score (nSPS) is 13.2. The number of nitrogens with zero attached hydrogens (tertiary/aromatic N) is 1. The lowest BCUT2D eigenvalue weighted by Gasteiger charge is -2.28. The van der Waals surface area contributed by atoms with Gasteiger partial charge in [-0.25, -0.2) is 9.78 Å². The van der Waals surface area contributed by atoms with E-state index in [0.29, 0.717) is 0 Å². The Morgan fingerprint density at radius 3 is 2.38 bits per heavy atom. The Morgan fingerprint density at radius 2 is 1.83 bits per heavy atom. The summed E-state index contributed by atoms with van der Waals surface area (Å²) in [5.41, 5.74) is 5.30. The third kappa shape index (κ3) is 4.51. The van der Waals surface area contributed by atoms with E-state index < -0.39 is 17.7 Å². The van der Waals surface area contributed by atoms with Gasteiger partial charge in [0.2, 0.25) is 0 Å². The number of carboxylic acids is 1. The second-order valence-corrected chi connectivity index (χ2v) is 9.86. The highest BCUT2D eigenvalue weighted by Gasteiger charge is 2.32. The van der Waals surface area contributed by atoms with Gasteiger partial charge in [-0.2, -0.15) is 0 Å². The SMILES string of the molecule is Cc1cccc(-c2nc3cc(C)c([C@H](OC(C)(C)C)C(=O)O)c(C(C)C)c3s2)c1. The van der Waals surface area contributed by atoms with Gasteiger partial charge in [0.1, 0.15) is 5.01 Å². The van der Waals surface area contributed by atoms with E-state index >= 15 is 0 Å². The van der Waals surface area contributed by atoms with Crippen molar-refractivity contribution in [3.63, 3.8) is 0 Å². The van der Waals surface area contributed by atoms with Gasteiger partial charge in [-0.15, -0.1) is 11.3 Å². The average Bonchev–Trinajstić information content (AvgIpc) is 3.01. The molecule has 1 N–H and O–H groups in total. The van der Waals surface area contributed by atoms with Crippen LogP contribution in [-0.2, 0) is 9.53 Å². The third-order valence-electron chi connectivity index (χ3n) is 4.77. The van der Waals surface area contributed by atoms with Crippen LogP contribution in [0.5, 0.6) is 0 Å². The predicted molar refractivity (Wildman–Crippen MR) is 120 cm³/mol. The van der Waals surface area contributed by atoms with Crippen molar-refractivity contribution in [1.82, 2.24) is 4.98 Å². The summed E-state index contributed by atoms with van der Waals surface area (Å²) >= 11 is 1.62. The minimum atomic E-state index is -1.01. The van der Waals surface area contributed by atoms with Crippen molar-refractivity contribution in [2.75, 3.05) is 0 Å². The lowest BCUT2D eigenvalue weighted by Crippen LogP contribution is -2.28. The van der Waals surface area contributed by atoms with Crippen LogP contribution >= 0.6 is 11.3 Å².